The third-order valence-electron chi connectivity index (χ3n) is 3.60. The molecule has 2 aromatic rings. The zero-order valence-corrected chi connectivity index (χ0v) is 14.4. The van der Waals surface area contributed by atoms with Crippen LogP contribution in [0.1, 0.15) is 38.0 Å². The van der Waals surface area contributed by atoms with Crippen molar-refractivity contribution < 1.29 is 38.9 Å². The first-order valence-electron chi connectivity index (χ1n) is 7.75. The fraction of sp³-hybridized carbons (Fsp3) is 0.158. The maximum atomic E-state index is 12.1. The first-order chi connectivity index (χ1) is 12.7. The average Bonchev–Trinajstić information content (AvgIpc) is 2.62. The standard InChI is InChI=1S/C19H16O8/c1-10(2)18(24)26-7-8-27-19(25)12-4-5-13-11(9-12)3-6-14(16(20)21)15(13)17(22)23/h3-6,9H,1,7-8H2,2H3,(H,20,21)(H,22,23). The summed E-state index contributed by atoms with van der Waals surface area (Å²) >= 11 is 0. The van der Waals surface area contributed by atoms with Gasteiger partial charge >= 0.3 is 23.9 Å². The number of ether oxygens (including phenoxy) is 2. The Morgan fingerprint density at radius 2 is 1.63 bits per heavy atom. The number of esters is 2. The molecular weight excluding hydrogens is 356 g/mol. The van der Waals surface area contributed by atoms with Crippen LogP contribution in [0.15, 0.2) is 42.5 Å². The molecule has 0 unspecified atom stereocenters. The molecule has 0 bridgehead atoms. The van der Waals surface area contributed by atoms with E-state index in [0.29, 0.717) is 5.39 Å². The molecule has 2 aromatic carbocycles. The molecule has 0 saturated carbocycles. The van der Waals surface area contributed by atoms with E-state index in [9.17, 15) is 24.3 Å². The number of carboxylic acid groups (broad SMARTS) is 2. The van der Waals surface area contributed by atoms with Crippen LogP contribution in [0.5, 0.6) is 0 Å². The molecule has 0 amide bonds. The van der Waals surface area contributed by atoms with Gasteiger partial charge in [-0.15, -0.1) is 0 Å². The van der Waals surface area contributed by atoms with E-state index in [1.807, 2.05) is 0 Å². The zero-order chi connectivity index (χ0) is 20.1. The molecule has 0 fully saturated rings. The van der Waals surface area contributed by atoms with Crippen molar-refractivity contribution in [2.24, 2.45) is 0 Å². The number of carbonyl (C=O) groups is 4. The van der Waals surface area contributed by atoms with Crippen molar-refractivity contribution in [3.63, 3.8) is 0 Å². The second-order valence-corrected chi connectivity index (χ2v) is 5.59. The summed E-state index contributed by atoms with van der Waals surface area (Å²) < 4.78 is 9.79. The van der Waals surface area contributed by atoms with Gasteiger partial charge in [-0.25, -0.2) is 19.2 Å². The first-order valence-corrected chi connectivity index (χ1v) is 7.75. The lowest BCUT2D eigenvalue weighted by molar-refractivity contribution is -0.140. The van der Waals surface area contributed by atoms with Crippen LogP contribution < -0.4 is 0 Å². The van der Waals surface area contributed by atoms with Gasteiger partial charge in [-0.2, -0.15) is 0 Å². The number of carbonyl (C=O) groups excluding carboxylic acids is 2. The minimum atomic E-state index is -1.38. The molecule has 0 aliphatic carbocycles. The summed E-state index contributed by atoms with van der Waals surface area (Å²) in [7, 11) is 0. The number of hydrogen-bond donors (Lipinski definition) is 2. The first kappa shape index (κ1) is 19.6. The highest BCUT2D eigenvalue weighted by atomic mass is 16.6. The highest BCUT2D eigenvalue weighted by Crippen LogP contribution is 2.24. The number of rotatable bonds is 7. The van der Waals surface area contributed by atoms with Gasteiger partial charge in [0.2, 0.25) is 0 Å². The highest BCUT2D eigenvalue weighted by Gasteiger charge is 2.20. The third-order valence-corrected chi connectivity index (χ3v) is 3.60. The Morgan fingerprint density at radius 1 is 0.963 bits per heavy atom. The van der Waals surface area contributed by atoms with E-state index >= 15 is 0 Å². The molecule has 8 nitrogen and oxygen atoms in total. The normalized spacial score (nSPS) is 10.3. The van der Waals surface area contributed by atoms with Crippen molar-refractivity contribution in [2.45, 2.75) is 6.92 Å². The Kier molecular flexibility index (Phi) is 5.92. The number of carboxylic acids is 2. The van der Waals surface area contributed by atoms with Gasteiger partial charge < -0.3 is 19.7 Å². The quantitative estimate of drug-likeness (QED) is 0.431. The van der Waals surface area contributed by atoms with Crippen molar-refractivity contribution in [2.75, 3.05) is 13.2 Å². The minimum Gasteiger partial charge on any atom is -0.478 e. The minimum absolute atomic E-state index is 0.129. The number of hydrogen-bond acceptors (Lipinski definition) is 6. The van der Waals surface area contributed by atoms with E-state index in [-0.39, 0.29) is 40.9 Å². The topological polar surface area (TPSA) is 127 Å². The van der Waals surface area contributed by atoms with E-state index in [0.717, 1.165) is 0 Å². The number of fused-ring (bicyclic) bond motifs is 1. The molecule has 2 N–H and O–H groups in total. The Morgan fingerprint density at radius 3 is 2.22 bits per heavy atom. The van der Waals surface area contributed by atoms with Crippen LogP contribution in [-0.2, 0) is 14.3 Å². The molecule has 0 saturated heterocycles. The van der Waals surface area contributed by atoms with Gasteiger partial charge in [0.1, 0.15) is 13.2 Å². The molecule has 0 aromatic heterocycles. The predicted octanol–water partition coefficient (Wildman–Crippen LogP) is 2.51. The lowest BCUT2D eigenvalue weighted by atomic mass is 9.97. The maximum absolute atomic E-state index is 12.1. The fourth-order valence-corrected chi connectivity index (χ4v) is 2.34. The van der Waals surface area contributed by atoms with Crippen molar-refractivity contribution in [3.8, 4) is 0 Å². The molecule has 2 rings (SSSR count). The average molecular weight is 372 g/mol. The van der Waals surface area contributed by atoms with Gasteiger partial charge in [0.25, 0.3) is 0 Å². The van der Waals surface area contributed by atoms with E-state index in [4.69, 9.17) is 14.6 Å². The van der Waals surface area contributed by atoms with E-state index < -0.39 is 23.9 Å². The molecule has 27 heavy (non-hydrogen) atoms. The van der Waals surface area contributed by atoms with Crippen LogP contribution in [0.3, 0.4) is 0 Å². The van der Waals surface area contributed by atoms with Crippen LogP contribution in [0, 0.1) is 0 Å². The lowest BCUT2D eigenvalue weighted by Gasteiger charge is -2.09. The SMILES string of the molecule is C=C(C)C(=O)OCCOC(=O)c1ccc2c(C(=O)O)c(C(=O)O)ccc2c1. The molecule has 8 heteroatoms. The van der Waals surface area contributed by atoms with Crippen LogP contribution >= 0.6 is 0 Å². The van der Waals surface area contributed by atoms with Gasteiger partial charge in [0.15, 0.2) is 0 Å². The number of benzene rings is 2. The van der Waals surface area contributed by atoms with Crippen molar-refractivity contribution in [1.82, 2.24) is 0 Å². The van der Waals surface area contributed by atoms with Crippen LogP contribution in [0.25, 0.3) is 10.8 Å². The van der Waals surface area contributed by atoms with Gasteiger partial charge in [0.05, 0.1) is 16.7 Å². The van der Waals surface area contributed by atoms with Gasteiger partial charge in [-0.05, 0) is 35.9 Å². The van der Waals surface area contributed by atoms with Crippen molar-refractivity contribution >= 4 is 34.6 Å². The molecule has 140 valence electrons. The van der Waals surface area contributed by atoms with Gasteiger partial charge in [0, 0.05) is 5.57 Å². The molecule has 0 aliphatic rings. The van der Waals surface area contributed by atoms with E-state index in [2.05, 4.69) is 6.58 Å². The Hall–Kier alpha value is -3.68. The molecule has 0 atom stereocenters. The molecule has 0 aliphatic heterocycles. The number of aromatic carboxylic acids is 2. The zero-order valence-electron chi connectivity index (χ0n) is 14.4. The van der Waals surface area contributed by atoms with Crippen molar-refractivity contribution in [3.05, 3.63) is 59.2 Å². The lowest BCUT2D eigenvalue weighted by Crippen LogP contribution is -2.14. The Balaban J connectivity index is 2.19. The van der Waals surface area contributed by atoms with Crippen LogP contribution in [0.2, 0.25) is 0 Å². The second-order valence-electron chi connectivity index (χ2n) is 5.59. The van der Waals surface area contributed by atoms with Gasteiger partial charge in [-0.3, -0.25) is 0 Å². The van der Waals surface area contributed by atoms with Crippen LogP contribution in [-0.4, -0.2) is 47.3 Å². The highest BCUT2D eigenvalue weighted by molar-refractivity contribution is 6.12. The Bertz CT molecular complexity index is 958. The summed E-state index contributed by atoms with van der Waals surface area (Å²) in [6.45, 7) is 4.62. The largest absolute Gasteiger partial charge is 0.478 e. The third kappa shape index (κ3) is 4.49. The van der Waals surface area contributed by atoms with Crippen molar-refractivity contribution in [1.29, 1.82) is 0 Å². The fourth-order valence-electron chi connectivity index (χ4n) is 2.34. The molecular formula is C19H16O8. The summed E-state index contributed by atoms with van der Waals surface area (Å²) in [4.78, 5) is 45.9. The maximum Gasteiger partial charge on any atom is 0.338 e. The Labute approximate surface area is 153 Å². The molecule has 0 radical (unpaired) electrons. The smallest absolute Gasteiger partial charge is 0.338 e. The monoisotopic (exact) mass is 372 g/mol. The second kappa shape index (κ2) is 8.13. The van der Waals surface area contributed by atoms with Crippen LogP contribution in [0.4, 0.5) is 0 Å². The summed E-state index contributed by atoms with van der Waals surface area (Å²) in [6.07, 6.45) is 0. The molecule has 0 heterocycles. The molecule has 0 spiro atoms. The van der Waals surface area contributed by atoms with Gasteiger partial charge in [-0.1, -0.05) is 18.7 Å². The predicted molar refractivity (Wildman–Crippen MR) is 93.9 cm³/mol. The summed E-state index contributed by atoms with van der Waals surface area (Å²) in [5, 5.41) is 19.0. The summed E-state index contributed by atoms with van der Waals surface area (Å²) in [6, 6.07) is 6.66. The summed E-state index contributed by atoms with van der Waals surface area (Å²) in [5.74, 6) is -4.02. The van der Waals surface area contributed by atoms with E-state index in [1.165, 1.54) is 37.3 Å². The van der Waals surface area contributed by atoms with E-state index in [1.54, 1.807) is 0 Å². The summed E-state index contributed by atoms with van der Waals surface area (Å²) in [5.41, 5.74) is -0.324.